The van der Waals surface area contributed by atoms with E-state index >= 15 is 0 Å². The Labute approximate surface area is 683 Å². The Balaban J connectivity index is 0.00000917. The Morgan fingerprint density at radius 3 is 0.609 bits per heavy atom. The van der Waals surface area contributed by atoms with E-state index in [-0.39, 0.29) is 19.5 Å². The van der Waals surface area contributed by atoms with Crippen LogP contribution in [0.4, 0.5) is 0 Å². The first-order valence-electron chi connectivity index (χ1n) is 38.2. The summed E-state index contributed by atoms with van der Waals surface area (Å²) in [6.45, 7) is 0. The second-order valence-electron chi connectivity index (χ2n) is 28.2. The molecule has 0 N–H and O–H groups in total. The zero-order chi connectivity index (χ0) is 75.9. The van der Waals surface area contributed by atoms with E-state index in [0.717, 1.165) is 201 Å². The van der Waals surface area contributed by atoms with E-state index in [2.05, 4.69) is 366 Å². The Morgan fingerprint density at radius 1 is 0.148 bits per heavy atom. The van der Waals surface area contributed by atoms with Crippen molar-refractivity contribution in [2.75, 3.05) is 0 Å². The molecule has 0 amide bonds. The van der Waals surface area contributed by atoms with Crippen LogP contribution in [-0.4, -0.2) is 29.9 Å². The van der Waals surface area contributed by atoms with Gasteiger partial charge in [-0.15, -0.1) is 89.5 Å². The third-order valence-corrected chi connectivity index (χ3v) is 21.3. The van der Waals surface area contributed by atoms with Crippen LogP contribution < -0.4 is 0 Å². The van der Waals surface area contributed by atoms with Gasteiger partial charge in [0, 0.05) is 35.9 Å². The smallest absolute Gasteiger partial charge is 0.305 e. The SMILES string of the molecule is [Rh+3].[c-]1cc(-c2ccccc2-c2cc(-c3ccccc3-c3c[c-]c(-c4ccccn4)cc3)cc(-c3ccccc3-c3c[c-]c(-c4cc(-c5ccc(-c6ccccc6-c6cc(-c7ccccc7-c7ccc(-c8ccccn8)cc7)cc(-c7ccccc7-c7ccc(-c8ccccn8)cc7)c6)cc5)ncn4)cc3)c2)ccc1-c1ccccn1. The number of hydrogen-bond donors (Lipinski definition) is 0. The van der Waals surface area contributed by atoms with Gasteiger partial charge in [0.15, 0.2) is 0 Å². The maximum atomic E-state index is 4.88. The van der Waals surface area contributed by atoms with Crippen LogP contribution in [-0.2, 0) is 19.5 Å². The monoisotopic (exact) mass is 1550 g/mol. The van der Waals surface area contributed by atoms with Gasteiger partial charge < -0.3 is 9.97 Å². The van der Waals surface area contributed by atoms with Gasteiger partial charge in [0.1, 0.15) is 6.33 Å². The first kappa shape index (κ1) is 72.0. The fourth-order valence-electron chi connectivity index (χ4n) is 15.6. The third-order valence-electron chi connectivity index (χ3n) is 21.3. The molecule has 0 spiro atoms. The number of rotatable bonds is 18. The molecule has 0 aliphatic carbocycles. The Hall–Kier alpha value is -14.6. The normalized spacial score (nSPS) is 11.1. The molecule has 0 atom stereocenters. The van der Waals surface area contributed by atoms with Crippen molar-refractivity contribution in [2.24, 2.45) is 0 Å². The molecule has 0 fully saturated rings. The second kappa shape index (κ2) is 32.8. The van der Waals surface area contributed by atoms with Crippen molar-refractivity contribution in [3.63, 3.8) is 0 Å². The fourth-order valence-corrected chi connectivity index (χ4v) is 15.6. The predicted molar refractivity (Wildman–Crippen MR) is 468 cm³/mol. The van der Waals surface area contributed by atoms with Crippen molar-refractivity contribution < 1.29 is 19.5 Å². The zero-order valence-electron chi connectivity index (χ0n) is 62.4. The molecule has 540 valence electrons. The zero-order valence-corrected chi connectivity index (χ0v) is 64.0. The van der Waals surface area contributed by atoms with Crippen LogP contribution in [0.25, 0.3) is 201 Å². The summed E-state index contributed by atoms with van der Waals surface area (Å²) in [4.78, 5) is 28.2. The van der Waals surface area contributed by atoms with Crippen LogP contribution in [0.15, 0.2) is 419 Å². The molecule has 0 radical (unpaired) electrons. The molecule has 14 aromatic carbocycles. The Morgan fingerprint density at radius 2 is 0.357 bits per heavy atom. The summed E-state index contributed by atoms with van der Waals surface area (Å²) in [6, 6.07) is 149. The average Bonchev–Trinajstić information content (AvgIpc) is 0.769. The van der Waals surface area contributed by atoms with E-state index < -0.39 is 0 Å². The fraction of sp³-hybridized carbons (Fsp3) is 0. The number of aromatic nitrogens is 6. The van der Waals surface area contributed by atoms with Gasteiger partial charge in [-0.25, -0.2) is 4.98 Å². The summed E-state index contributed by atoms with van der Waals surface area (Å²) in [5.41, 5.74) is 37.6. The van der Waals surface area contributed by atoms with E-state index in [1.165, 1.54) is 0 Å². The van der Waals surface area contributed by atoms with Gasteiger partial charge in [-0.2, -0.15) is 0 Å². The molecule has 0 unspecified atom stereocenters. The van der Waals surface area contributed by atoms with E-state index in [9.17, 15) is 0 Å². The number of hydrogen-bond acceptors (Lipinski definition) is 6. The largest absolute Gasteiger partial charge is 3.00 e. The molecule has 0 bridgehead atoms. The third kappa shape index (κ3) is 15.2. The van der Waals surface area contributed by atoms with Crippen LogP contribution in [0.5, 0.6) is 0 Å². The van der Waals surface area contributed by atoms with Crippen LogP contribution in [0.1, 0.15) is 0 Å². The second-order valence-corrected chi connectivity index (χ2v) is 28.2. The van der Waals surface area contributed by atoms with Gasteiger partial charge in [-0.05, 0) is 196 Å². The summed E-state index contributed by atoms with van der Waals surface area (Å²) in [5.74, 6) is 0. The van der Waals surface area contributed by atoms with Crippen LogP contribution >= 0.6 is 0 Å². The van der Waals surface area contributed by atoms with Crippen LogP contribution in [0.2, 0.25) is 0 Å². The van der Waals surface area contributed by atoms with Gasteiger partial charge in [-0.3, -0.25) is 15.0 Å². The first-order chi connectivity index (χ1) is 56.5. The minimum Gasteiger partial charge on any atom is -0.305 e. The molecular weight excluding hydrogens is 1480 g/mol. The van der Waals surface area contributed by atoms with Gasteiger partial charge in [0.25, 0.3) is 0 Å². The quantitative estimate of drug-likeness (QED) is 0.0629. The van der Waals surface area contributed by atoms with E-state index in [1.54, 1.807) is 6.33 Å². The Bertz CT molecular complexity index is 5950. The van der Waals surface area contributed by atoms with Crippen molar-refractivity contribution in [1.29, 1.82) is 0 Å². The Kier molecular flexibility index (Phi) is 20.5. The number of benzene rings is 14. The first-order valence-corrected chi connectivity index (χ1v) is 38.2. The number of pyridine rings is 4. The van der Waals surface area contributed by atoms with E-state index in [4.69, 9.17) is 9.97 Å². The van der Waals surface area contributed by atoms with Gasteiger partial charge in [0.05, 0.1) is 17.1 Å². The molecule has 7 heteroatoms. The molecule has 19 rings (SSSR count). The predicted octanol–water partition coefficient (Wildman–Crippen LogP) is 27.5. The number of nitrogens with zero attached hydrogens (tertiary/aromatic N) is 6. The molecule has 0 saturated carbocycles. The van der Waals surface area contributed by atoms with Crippen molar-refractivity contribution in [2.45, 2.75) is 0 Å². The van der Waals surface area contributed by atoms with Crippen LogP contribution in [0, 0.1) is 18.2 Å². The van der Waals surface area contributed by atoms with Gasteiger partial charge in [0.2, 0.25) is 0 Å². The standard InChI is InChI=1S/C108H69N6.Rh/c1-7-27-97(91(21-1)73-37-49-79(50-38-73)103-33-13-17-61-109-103)85-65-86(98-28-8-2-22-92(98)74-39-51-80(52-40-74)104-34-14-18-62-110-104)68-89(67-85)101-31-11-5-25-95(101)77-45-57-83(58-46-77)107-71-108(114-72-113-107)84-59-47-78(48-60-84)96-26-6-12-32-102(96)90-69-87(99-29-9-3-23-93(99)75-41-53-81(54-42-75)105-35-15-19-63-111-105)66-88(70-90)100-30-10-4-24-94(100)76-43-55-82(56-44-76)106-36-16-20-64-112-106;/h1-53,55,57-59,61-72H;/q-3;+3. The molecule has 5 heterocycles. The minimum absolute atomic E-state index is 0. The maximum Gasteiger partial charge on any atom is 3.00 e. The molecule has 115 heavy (non-hydrogen) atoms. The molecule has 0 aliphatic heterocycles. The van der Waals surface area contributed by atoms with Crippen LogP contribution in [0.3, 0.4) is 0 Å². The molecular formula is C108H69N6Rh. The summed E-state index contributed by atoms with van der Waals surface area (Å²) < 4.78 is 0. The van der Waals surface area contributed by atoms with Gasteiger partial charge in [-0.1, -0.05) is 294 Å². The summed E-state index contributed by atoms with van der Waals surface area (Å²) in [7, 11) is 0. The topological polar surface area (TPSA) is 77.3 Å². The van der Waals surface area contributed by atoms with E-state index in [0.29, 0.717) is 0 Å². The summed E-state index contributed by atoms with van der Waals surface area (Å²) in [5, 5.41) is 0. The molecule has 6 nitrogen and oxygen atoms in total. The van der Waals surface area contributed by atoms with E-state index in [1.807, 2.05) is 85.5 Å². The molecule has 0 saturated heterocycles. The van der Waals surface area contributed by atoms with Gasteiger partial charge >= 0.3 is 19.5 Å². The van der Waals surface area contributed by atoms with Crippen molar-refractivity contribution in [3.8, 4) is 201 Å². The van der Waals surface area contributed by atoms with Crippen molar-refractivity contribution in [3.05, 3.63) is 438 Å². The maximum absolute atomic E-state index is 4.88. The molecule has 5 aromatic heterocycles. The summed E-state index contributed by atoms with van der Waals surface area (Å²) >= 11 is 0. The molecule has 19 aromatic rings. The summed E-state index contributed by atoms with van der Waals surface area (Å²) in [6.07, 6.45) is 8.99. The van der Waals surface area contributed by atoms with Crippen molar-refractivity contribution >= 4 is 0 Å². The average molecular weight is 1550 g/mol. The molecule has 0 aliphatic rings. The minimum atomic E-state index is 0. The van der Waals surface area contributed by atoms with Crippen molar-refractivity contribution in [1.82, 2.24) is 29.9 Å².